The van der Waals surface area contributed by atoms with Crippen LogP contribution in [0.3, 0.4) is 0 Å². The Morgan fingerprint density at radius 3 is 2.67 bits per heavy atom. The molecule has 2 aromatic rings. The van der Waals surface area contributed by atoms with E-state index < -0.39 is 0 Å². The van der Waals surface area contributed by atoms with Gasteiger partial charge < -0.3 is 5.73 Å². The van der Waals surface area contributed by atoms with Crippen molar-refractivity contribution in [1.29, 1.82) is 0 Å². The fraction of sp³-hybridized carbons (Fsp3) is 0.200. The summed E-state index contributed by atoms with van der Waals surface area (Å²) < 4.78 is 1.30. The number of nitrogens with two attached hydrogens (primary N) is 1. The number of benzene rings is 1. The maximum absolute atomic E-state index is 5.74. The van der Waals surface area contributed by atoms with Crippen molar-refractivity contribution in [2.75, 3.05) is 5.73 Å². The van der Waals surface area contributed by atoms with Crippen LogP contribution in [0, 0.1) is 13.8 Å². The summed E-state index contributed by atoms with van der Waals surface area (Å²) in [5.74, 6) is 0. The van der Waals surface area contributed by atoms with Gasteiger partial charge in [0.1, 0.15) is 0 Å². The maximum atomic E-state index is 5.74. The van der Waals surface area contributed by atoms with Crippen LogP contribution < -0.4 is 5.73 Å². The Kier molecular flexibility index (Phi) is 1.58. The highest BCUT2D eigenvalue weighted by Crippen LogP contribution is 2.30. The van der Waals surface area contributed by atoms with Crippen molar-refractivity contribution in [3.8, 4) is 0 Å². The Hall–Kier alpha value is -1.02. The smallest absolute Gasteiger partial charge is 0.0368 e. The van der Waals surface area contributed by atoms with Gasteiger partial charge >= 0.3 is 0 Å². The first kappa shape index (κ1) is 7.62. The first-order chi connectivity index (χ1) is 5.68. The molecular weight excluding hydrogens is 166 g/mol. The van der Waals surface area contributed by atoms with Crippen molar-refractivity contribution in [3.63, 3.8) is 0 Å². The number of anilines is 1. The van der Waals surface area contributed by atoms with Crippen LogP contribution in [-0.2, 0) is 0 Å². The fourth-order valence-corrected chi connectivity index (χ4v) is 2.66. The molecule has 0 aliphatic carbocycles. The number of aryl methyl sites for hydroxylation is 2. The highest BCUT2D eigenvalue weighted by atomic mass is 32.1. The Bertz CT molecular complexity index is 429. The second kappa shape index (κ2) is 2.49. The van der Waals surface area contributed by atoms with E-state index in [2.05, 4.69) is 19.2 Å². The van der Waals surface area contributed by atoms with Crippen LogP contribution in [0.1, 0.15) is 11.1 Å². The minimum Gasteiger partial charge on any atom is -0.399 e. The third-order valence-electron chi connectivity index (χ3n) is 2.08. The zero-order chi connectivity index (χ0) is 8.72. The molecule has 12 heavy (non-hydrogen) atoms. The SMILES string of the molecule is Cc1csc2cc(N)cc(C)c12. The monoisotopic (exact) mass is 177 g/mol. The van der Waals surface area contributed by atoms with Gasteiger partial charge in [-0.05, 0) is 47.9 Å². The second-order valence-electron chi connectivity index (χ2n) is 3.13. The molecule has 62 valence electrons. The van der Waals surface area contributed by atoms with Gasteiger partial charge in [0, 0.05) is 10.4 Å². The molecule has 1 heterocycles. The Morgan fingerprint density at radius 2 is 1.92 bits per heavy atom. The molecule has 0 radical (unpaired) electrons. The van der Waals surface area contributed by atoms with E-state index in [9.17, 15) is 0 Å². The topological polar surface area (TPSA) is 26.0 Å². The zero-order valence-electron chi connectivity index (χ0n) is 7.22. The van der Waals surface area contributed by atoms with Crippen LogP contribution in [-0.4, -0.2) is 0 Å². The standard InChI is InChI=1S/C10H11NS/c1-6-3-8(11)4-9-10(6)7(2)5-12-9/h3-5H,11H2,1-2H3. The zero-order valence-corrected chi connectivity index (χ0v) is 8.03. The van der Waals surface area contributed by atoms with Crippen molar-refractivity contribution in [2.24, 2.45) is 0 Å². The lowest BCUT2D eigenvalue weighted by Gasteiger charge is -1.99. The van der Waals surface area contributed by atoms with Crippen LogP contribution in [0.2, 0.25) is 0 Å². The first-order valence-electron chi connectivity index (χ1n) is 3.92. The second-order valence-corrected chi connectivity index (χ2v) is 4.04. The molecule has 2 heteroatoms. The average molecular weight is 177 g/mol. The third kappa shape index (κ3) is 0.994. The molecule has 0 saturated carbocycles. The number of rotatable bonds is 0. The van der Waals surface area contributed by atoms with E-state index in [-0.39, 0.29) is 0 Å². The highest BCUT2D eigenvalue weighted by Gasteiger charge is 2.03. The van der Waals surface area contributed by atoms with Crippen LogP contribution in [0.5, 0.6) is 0 Å². The molecule has 0 fully saturated rings. The van der Waals surface area contributed by atoms with Gasteiger partial charge in [0.05, 0.1) is 0 Å². The van der Waals surface area contributed by atoms with Crippen molar-refractivity contribution in [1.82, 2.24) is 0 Å². The van der Waals surface area contributed by atoms with E-state index in [1.807, 2.05) is 12.1 Å². The van der Waals surface area contributed by atoms with Gasteiger partial charge in [-0.3, -0.25) is 0 Å². The minimum atomic E-state index is 0.863. The van der Waals surface area contributed by atoms with Gasteiger partial charge in [-0.2, -0.15) is 0 Å². The summed E-state index contributed by atoms with van der Waals surface area (Å²) in [6.07, 6.45) is 0. The molecule has 2 N–H and O–H groups in total. The molecule has 0 bridgehead atoms. The minimum absolute atomic E-state index is 0.863. The first-order valence-corrected chi connectivity index (χ1v) is 4.80. The summed E-state index contributed by atoms with van der Waals surface area (Å²) in [6, 6.07) is 4.07. The lowest BCUT2D eigenvalue weighted by molar-refractivity contribution is 1.50. The van der Waals surface area contributed by atoms with Gasteiger partial charge in [0.15, 0.2) is 0 Å². The molecule has 1 nitrogen and oxygen atoms in total. The largest absolute Gasteiger partial charge is 0.399 e. The van der Waals surface area contributed by atoms with E-state index in [4.69, 9.17) is 5.73 Å². The average Bonchev–Trinajstić information content (AvgIpc) is 2.31. The number of fused-ring (bicyclic) bond motifs is 1. The molecule has 0 atom stereocenters. The van der Waals surface area contributed by atoms with Crippen molar-refractivity contribution in [3.05, 3.63) is 28.6 Å². The molecule has 0 spiro atoms. The predicted octanol–water partition coefficient (Wildman–Crippen LogP) is 3.10. The Balaban J connectivity index is 2.93. The Labute approximate surface area is 75.8 Å². The predicted molar refractivity (Wildman–Crippen MR) is 55.7 cm³/mol. The van der Waals surface area contributed by atoms with E-state index in [0.717, 1.165) is 5.69 Å². The van der Waals surface area contributed by atoms with Crippen LogP contribution >= 0.6 is 11.3 Å². The molecular formula is C10H11NS. The molecule has 1 aromatic heterocycles. The fourth-order valence-electron chi connectivity index (χ4n) is 1.59. The lowest BCUT2D eigenvalue weighted by atomic mass is 10.1. The lowest BCUT2D eigenvalue weighted by Crippen LogP contribution is -1.85. The van der Waals surface area contributed by atoms with Crippen LogP contribution in [0.15, 0.2) is 17.5 Å². The summed E-state index contributed by atoms with van der Waals surface area (Å²) in [6.45, 7) is 4.25. The maximum Gasteiger partial charge on any atom is 0.0368 e. The van der Waals surface area contributed by atoms with E-state index in [0.29, 0.717) is 0 Å². The molecule has 2 rings (SSSR count). The summed E-state index contributed by atoms with van der Waals surface area (Å²) in [4.78, 5) is 0. The molecule has 0 amide bonds. The van der Waals surface area contributed by atoms with Crippen molar-refractivity contribution >= 4 is 27.1 Å². The number of hydrogen-bond donors (Lipinski definition) is 1. The van der Waals surface area contributed by atoms with E-state index in [1.54, 1.807) is 11.3 Å². The molecule has 0 aliphatic rings. The van der Waals surface area contributed by atoms with Crippen LogP contribution in [0.25, 0.3) is 10.1 Å². The van der Waals surface area contributed by atoms with Gasteiger partial charge in [0.25, 0.3) is 0 Å². The van der Waals surface area contributed by atoms with Crippen molar-refractivity contribution in [2.45, 2.75) is 13.8 Å². The van der Waals surface area contributed by atoms with E-state index in [1.165, 1.54) is 21.2 Å². The number of thiophene rings is 1. The number of hydrogen-bond acceptors (Lipinski definition) is 2. The van der Waals surface area contributed by atoms with E-state index >= 15 is 0 Å². The molecule has 1 aromatic carbocycles. The van der Waals surface area contributed by atoms with Gasteiger partial charge in [-0.1, -0.05) is 0 Å². The summed E-state index contributed by atoms with van der Waals surface area (Å²) >= 11 is 1.76. The van der Waals surface area contributed by atoms with Gasteiger partial charge in [0.2, 0.25) is 0 Å². The molecule has 0 aliphatic heterocycles. The summed E-state index contributed by atoms with van der Waals surface area (Å²) in [5, 5.41) is 3.55. The normalized spacial score (nSPS) is 10.8. The highest BCUT2D eigenvalue weighted by molar-refractivity contribution is 7.17. The Morgan fingerprint density at radius 1 is 1.17 bits per heavy atom. The molecule has 0 saturated heterocycles. The summed E-state index contributed by atoms with van der Waals surface area (Å²) in [7, 11) is 0. The quantitative estimate of drug-likeness (QED) is 0.615. The third-order valence-corrected chi connectivity index (χ3v) is 3.13. The molecule has 0 unspecified atom stereocenters. The van der Waals surface area contributed by atoms with Crippen molar-refractivity contribution < 1.29 is 0 Å². The van der Waals surface area contributed by atoms with Crippen LogP contribution in [0.4, 0.5) is 5.69 Å². The van der Waals surface area contributed by atoms with Gasteiger partial charge in [-0.25, -0.2) is 0 Å². The summed E-state index contributed by atoms with van der Waals surface area (Å²) in [5.41, 5.74) is 9.24. The number of nitrogen functional groups attached to an aromatic ring is 1. The van der Waals surface area contributed by atoms with Gasteiger partial charge in [-0.15, -0.1) is 11.3 Å².